The van der Waals surface area contributed by atoms with Crippen molar-refractivity contribution in [3.63, 3.8) is 0 Å². The van der Waals surface area contributed by atoms with Gasteiger partial charge in [0.1, 0.15) is 0 Å². The Morgan fingerprint density at radius 1 is 1.13 bits per heavy atom. The number of nitrogens with zero attached hydrogens (tertiary/aromatic N) is 3. The number of thioether (sulfide) groups is 1. The van der Waals surface area contributed by atoms with Crippen LogP contribution in [0.15, 0.2) is 53.7 Å². The molecule has 9 heteroatoms. The van der Waals surface area contributed by atoms with E-state index in [0.717, 1.165) is 5.56 Å². The van der Waals surface area contributed by atoms with E-state index in [1.54, 1.807) is 30.3 Å². The lowest BCUT2D eigenvalue weighted by Gasteiger charge is -2.16. The van der Waals surface area contributed by atoms with Crippen molar-refractivity contribution in [2.75, 3.05) is 11.1 Å². The average molecular weight is 458 g/mol. The smallest absolute Gasteiger partial charge is 0.252 e. The van der Waals surface area contributed by atoms with Gasteiger partial charge in [-0.1, -0.05) is 41.6 Å². The predicted octanol–water partition coefficient (Wildman–Crippen LogP) is 4.48. The van der Waals surface area contributed by atoms with E-state index < -0.39 is 0 Å². The minimum absolute atomic E-state index is 0.152. The molecule has 1 atom stereocenters. The number of aryl methyl sites for hydroxylation is 1. The molecule has 162 valence electrons. The summed E-state index contributed by atoms with van der Waals surface area (Å²) in [6, 6.07) is 14.0. The second kappa shape index (κ2) is 10.5. The quantitative estimate of drug-likeness (QED) is 0.487. The number of rotatable bonds is 8. The fourth-order valence-electron chi connectivity index (χ4n) is 3.05. The number of carbonyl (C=O) groups excluding carboxylic acids is 2. The molecule has 0 saturated heterocycles. The number of aromatic nitrogens is 3. The molecule has 0 aliphatic heterocycles. The van der Waals surface area contributed by atoms with Crippen molar-refractivity contribution in [1.82, 2.24) is 20.1 Å². The Labute approximate surface area is 190 Å². The Bertz CT molecular complexity index is 1070. The van der Waals surface area contributed by atoms with E-state index in [-0.39, 0.29) is 23.6 Å². The summed E-state index contributed by atoms with van der Waals surface area (Å²) in [6.07, 6.45) is 0. The highest BCUT2D eigenvalue weighted by Crippen LogP contribution is 2.22. The van der Waals surface area contributed by atoms with E-state index in [4.69, 9.17) is 11.6 Å². The third-order valence-corrected chi connectivity index (χ3v) is 5.87. The van der Waals surface area contributed by atoms with Crippen LogP contribution in [0.1, 0.15) is 41.6 Å². The minimum atomic E-state index is -0.336. The summed E-state index contributed by atoms with van der Waals surface area (Å²) in [5.74, 6) is 0.517. The van der Waals surface area contributed by atoms with Gasteiger partial charge < -0.3 is 15.2 Å². The van der Waals surface area contributed by atoms with Crippen molar-refractivity contribution in [2.24, 2.45) is 0 Å². The van der Waals surface area contributed by atoms with Gasteiger partial charge in [-0.3, -0.25) is 9.59 Å². The van der Waals surface area contributed by atoms with Gasteiger partial charge in [0.2, 0.25) is 5.91 Å². The van der Waals surface area contributed by atoms with Gasteiger partial charge in [-0.05, 0) is 56.7 Å². The highest BCUT2D eigenvalue weighted by Gasteiger charge is 2.20. The van der Waals surface area contributed by atoms with Gasteiger partial charge in [0.05, 0.1) is 11.8 Å². The number of hydrogen-bond acceptors (Lipinski definition) is 5. The normalized spacial score (nSPS) is 11.7. The van der Waals surface area contributed by atoms with Crippen molar-refractivity contribution in [3.05, 3.63) is 70.5 Å². The first-order chi connectivity index (χ1) is 14.9. The predicted molar refractivity (Wildman–Crippen MR) is 124 cm³/mol. The van der Waals surface area contributed by atoms with E-state index in [9.17, 15) is 9.59 Å². The number of halogens is 1. The van der Waals surface area contributed by atoms with Gasteiger partial charge in [-0.2, -0.15) is 0 Å². The molecule has 3 aromatic rings. The van der Waals surface area contributed by atoms with Crippen LogP contribution in [0.25, 0.3) is 0 Å². The molecule has 31 heavy (non-hydrogen) atoms. The SMILES string of the molecule is CCn1c(SCC(=O)Nc2ccc(Cl)cc2)nnc1[C@@H](C)NC(=O)c1ccccc1C. The summed E-state index contributed by atoms with van der Waals surface area (Å²) >= 11 is 7.16. The van der Waals surface area contributed by atoms with Crippen LogP contribution in [-0.2, 0) is 11.3 Å². The average Bonchev–Trinajstić information content (AvgIpc) is 3.17. The summed E-state index contributed by atoms with van der Waals surface area (Å²) in [5, 5.41) is 15.5. The molecule has 0 spiro atoms. The zero-order chi connectivity index (χ0) is 22.4. The molecule has 2 aromatic carbocycles. The maximum absolute atomic E-state index is 12.6. The van der Waals surface area contributed by atoms with E-state index in [2.05, 4.69) is 20.8 Å². The lowest BCUT2D eigenvalue weighted by molar-refractivity contribution is -0.113. The molecular formula is C22H24ClN5O2S. The second-order valence-corrected chi connectivity index (χ2v) is 8.32. The highest BCUT2D eigenvalue weighted by atomic mass is 35.5. The van der Waals surface area contributed by atoms with Gasteiger partial charge in [-0.25, -0.2) is 0 Å². The van der Waals surface area contributed by atoms with Crippen LogP contribution in [0, 0.1) is 6.92 Å². The van der Waals surface area contributed by atoms with E-state index in [0.29, 0.717) is 33.8 Å². The van der Waals surface area contributed by atoms with E-state index in [1.165, 1.54) is 11.8 Å². The number of hydrogen-bond donors (Lipinski definition) is 2. The first kappa shape index (κ1) is 22.8. The highest BCUT2D eigenvalue weighted by molar-refractivity contribution is 7.99. The molecule has 1 heterocycles. The number of anilines is 1. The van der Waals surface area contributed by atoms with Crippen LogP contribution in [0.2, 0.25) is 5.02 Å². The van der Waals surface area contributed by atoms with Crippen LogP contribution in [0.3, 0.4) is 0 Å². The largest absolute Gasteiger partial charge is 0.342 e. The summed E-state index contributed by atoms with van der Waals surface area (Å²) in [7, 11) is 0. The van der Waals surface area contributed by atoms with Gasteiger partial charge in [0, 0.05) is 22.8 Å². The molecule has 0 fully saturated rings. The fourth-order valence-corrected chi connectivity index (χ4v) is 3.99. The summed E-state index contributed by atoms with van der Waals surface area (Å²) in [6.45, 7) is 6.36. The molecule has 1 aromatic heterocycles. The molecule has 0 aliphatic carbocycles. The number of nitrogens with one attached hydrogen (secondary N) is 2. The third kappa shape index (κ3) is 5.86. The molecule has 3 rings (SSSR count). The van der Waals surface area contributed by atoms with Crippen LogP contribution < -0.4 is 10.6 Å². The van der Waals surface area contributed by atoms with Gasteiger partial charge in [0.25, 0.3) is 5.91 Å². The van der Waals surface area contributed by atoms with Crippen molar-refractivity contribution in [3.8, 4) is 0 Å². The Kier molecular flexibility index (Phi) is 7.70. The first-order valence-corrected chi connectivity index (χ1v) is 11.2. The second-order valence-electron chi connectivity index (χ2n) is 6.94. The van der Waals surface area contributed by atoms with Crippen molar-refractivity contribution < 1.29 is 9.59 Å². The molecule has 7 nitrogen and oxygen atoms in total. The molecule has 0 bridgehead atoms. The van der Waals surface area contributed by atoms with Crippen LogP contribution in [0.5, 0.6) is 0 Å². The zero-order valence-corrected chi connectivity index (χ0v) is 19.1. The molecule has 2 amide bonds. The standard InChI is InChI=1S/C22H24ClN5O2S/c1-4-28-20(15(3)24-21(30)18-8-6-5-7-14(18)2)26-27-22(28)31-13-19(29)25-17-11-9-16(23)10-12-17/h5-12,15H,4,13H2,1-3H3,(H,24,30)(H,25,29)/t15-/m1/s1. The molecule has 0 aliphatic rings. The maximum Gasteiger partial charge on any atom is 0.252 e. The van der Waals surface area contributed by atoms with Crippen molar-refractivity contribution in [1.29, 1.82) is 0 Å². The Morgan fingerprint density at radius 2 is 1.84 bits per heavy atom. The Hall–Kier alpha value is -2.84. The monoisotopic (exact) mass is 457 g/mol. The lowest BCUT2D eigenvalue weighted by Crippen LogP contribution is -2.29. The summed E-state index contributed by atoms with van der Waals surface area (Å²) < 4.78 is 1.91. The van der Waals surface area contributed by atoms with Crippen molar-refractivity contribution in [2.45, 2.75) is 38.5 Å². The van der Waals surface area contributed by atoms with Gasteiger partial charge in [-0.15, -0.1) is 10.2 Å². The number of amides is 2. The van der Waals surface area contributed by atoms with Crippen LogP contribution >= 0.6 is 23.4 Å². The topological polar surface area (TPSA) is 88.9 Å². The molecule has 0 saturated carbocycles. The number of benzene rings is 2. The summed E-state index contributed by atoms with van der Waals surface area (Å²) in [4.78, 5) is 24.9. The fraction of sp³-hybridized carbons (Fsp3) is 0.273. The molecule has 2 N–H and O–H groups in total. The molecule has 0 radical (unpaired) electrons. The minimum Gasteiger partial charge on any atom is -0.342 e. The Balaban J connectivity index is 1.63. The first-order valence-electron chi connectivity index (χ1n) is 9.86. The van der Waals surface area contributed by atoms with Gasteiger partial charge >= 0.3 is 0 Å². The van der Waals surface area contributed by atoms with Crippen LogP contribution in [0.4, 0.5) is 5.69 Å². The van der Waals surface area contributed by atoms with E-state index >= 15 is 0 Å². The molecule has 0 unspecified atom stereocenters. The van der Waals surface area contributed by atoms with E-state index in [1.807, 2.05) is 43.5 Å². The van der Waals surface area contributed by atoms with Crippen molar-refractivity contribution >= 4 is 40.9 Å². The summed E-state index contributed by atoms with van der Waals surface area (Å²) in [5.41, 5.74) is 2.22. The number of carbonyl (C=O) groups is 2. The molecular weight excluding hydrogens is 434 g/mol. The Morgan fingerprint density at radius 3 is 2.52 bits per heavy atom. The third-order valence-electron chi connectivity index (χ3n) is 4.65. The maximum atomic E-state index is 12.6. The van der Waals surface area contributed by atoms with Crippen LogP contribution in [-0.4, -0.2) is 32.3 Å². The lowest BCUT2D eigenvalue weighted by atomic mass is 10.1. The van der Waals surface area contributed by atoms with Gasteiger partial charge in [0.15, 0.2) is 11.0 Å². The zero-order valence-electron chi connectivity index (χ0n) is 17.6.